The summed E-state index contributed by atoms with van der Waals surface area (Å²) in [5.41, 5.74) is 0.542. The number of benzene rings is 1. The first-order chi connectivity index (χ1) is 18.2. The van der Waals surface area contributed by atoms with Gasteiger partial charge in [-0.3, -0.25) is 14.3 Å². The lowest BCUT2D eigenvalue weighted by molar-refractivity contribution is 0.0755. The summed E-state index contributed by atoms with van der Waals surface area (Å²) < 4.78 is 47.1. The number of aryl methyl sites for hydroxylation is 1. The zero-order valence-corrected chi connectivity index (χ0v) is 21.3. The van der Waals surface area contributed by atoms with Gasteiger partial charge in [0.1, 0.15) is 22.9 Å². The van der Waals surface area contributed by atoms with E-state index in [1.165, 1.54) is 29.6 Å². The van der Waals surface area contributed by atoms with Crippen LogP contribution in [-0.4, -0.2) is 52.7 Å². The molecule has 202 valence electrons. The molecule has 2 N–H and O–H groups in total. The fraction of sp³-hybridized carbons (Fsp3) is 0.458. The molecule has 2 saturated carbocycles. The van der Waals surface area contributed by atoms with E-state index < -0.39 is 33.9 Å². The molecule has 4 unspecified atom stereocenters. The number of anilines is 2. The van der Waals surface area contributed by atoms with Crippen LogP contribution in [0.25, 0.3) is 0 Å². The number of nitrogens with one attached hydrogen (secondary N) is 1. The van der Waals surface area contributed by atoms with Crippen molar-refractivity contribution in [2.75, 3.05) is 16.2 Å². The van der Waals surface area contributed by atoms with Gasteiger partial charge in [0.05, 0.1) is 25.0 Å². The molecule has 2 fully saturated rings. The number of sulfonamides is 1. The fourth-order valence-corrected chi connectivity index (χ4v) is 7.17. The number of aromatic nitrogens is 3. The lowest BCUT2D eigenvalue weighted by Crippen LogP contribution is -2.46. The number of oxazole rings is 1. The van der Waals surface area contributed by atoms with E-state index in [2.05, 4.69) is 10.4 Å². The van der Waals surface area contributed by atoms with Gasteiger partial charge < -0.3 is 19.0 Å². The summed E-state index contributed by atoms with van der Waals surface area (Å²) in [6.07, 6.45) is 6.23. The van der Waals surface area contributed by atoms with Crippen molar-refractivity contribution in [1.82, 2.24) is 14.3 Å². The maximum absolute atomic E-state index is 13.7. The molecule has 0 radical (unpaired) electrons. The van der Waals surface area contributed by atoms with Crippen molar-refractivity contribution >= 4 is 27.5 Å². The SMILES string of the molecule is Cn1cc(S(=O)(=O)N2CC(Cn3c(O)coc3=O)Oc3ccc(NC(=O)OC4CC5CCC4C5)cc32)cn1. The van der Waals surface area contributed by atoms with E-state index in [0.29, 0.717) is 17.5 Å². The quantitative estimate of drug-likeness (QED) is 0.474. The summed E-state index contributed by atoms with van der Waals surface area (Å²) in [6, 6.07) is 4.63. The van der Waals surface area contributed by atoms with Gasteiger partial charge in [0.2, 0.25) is 5.88 Å². The summed E-state index contributed by atoms with van der Waals surface area (Å²) in [6.45, 7) is -0.337. The third kappa shape index (κ3) is 4.38. The average Bonchev–Trinajstić information content (AvgIpc) is 3.67. The summed E-state index contributed by atoms with van der Waals surface area (Å²) in [5.74, 6) is 0.0445. The van der Waals surface area contributed by atoms with Gasteiger partial charge in [-0.15, -0.1) is 0 Å². The van der Waals surface area contributed by atoms with Gasteiger partial charge in [-0.2, -0.15) is 5.10 Å². The average molecular weight is 546 g/mol. The first-order valence-corrected chi connectivity index (χ1v) is 13.8. The third-order valence-corrected chi connectivity index (χ3v) is 9.22. The normalized spacial score (nSPS) is 24.2. The first kappa shape index (κ1) is 24.4. The van der Waals surface area contributed by atoms with E-state index in [-0.39, 0.29) is 35.5 Å². The van der Waals surface area contributed by atoms with Crippen molar-refractivity contribution in [3.8, 4) is 11.6 Å². The molecule has 0 spiro atoms. The fourth-order valence-electron chi connectivity index (χ4n) is 5.68. The number of hydrogen-bond donors (Lipinski definition) is 2. The molecule has 2 aliphatic carbocycles. The minimum atomic E-state index is -4.10. The highest BCUT2D eigenvalue weighted by Crippen LogP contribution is 2.46. The Morgan fingerprint density at radius 1 is 1.29 bits per heavy atom. The molecule has 3 aliphatic rings. The number of nitrogens with zero attached hydrogens (tertiary/aromatic N) is 4. The van der Waals surface area contributed by atoms with Crippen LogP contribution in [0.1, 0.15) is 25.7 Å². The van der Waals surface area contributed by atoms with Crippen molar-refractivity contribution in [2.24, 2.45) is 18.9 Å². The van der Waals surface area contributed by atoms with E-state index >= 15 is 0 Å². The van der Waals surface area contributed by atoms with Gasteiger partial charge in [-0.1, -0.05) is 0 Å². The lowest BCUT2D eigenvalue weighted by Gasteiger charge is -2.35. The maximum Gasteiger partial charge on any atom is 0.421 e. The molecule has 2 aromatic heterocycles. The first-order valence-electron chi connectivity index (χ1n) is 12.3. The molecule has 14 heteroatoms. The third-order valence-electron chi connectivity index (χ3n) is 7.49. The van der Waals surface area contributed by atoms with Gasteiger partial charge in [0.15, 0.2) is 6.26 Å². The molecular weight excluding hydrogens is 518 g/mol. The van der Waals surface area contributed by atoms with Crippen molar-refractivity contribution in [3.05, 3.63) is 47.4 Å². The molecule has 1 aliphatic heterocycles. The highest BCUT2D eigenvalue weighted by atomic mass is 32.2. The van der Waals surface area contributed by atoms with Crippen LogP contribution in [0.5, 0.6) is 11.6 Å². The molecule has 3 heterocycles. The van der Waals surface area contributed by atoms with E-state index in [1.54, 1.807) is 19.2 Å². The Morgan fingerprint density at radius 3 is 2.79 bits per heavy atom. The second-order valence-electron chi connectivity index (χ2n) is 10.0. The molecular formula is C24H27N5O8S. The molecule has 13 nitrogen and oxygen atoms in total. The maximum atomic E-state index is 13.7. The molecule has 2 bridgehead atoms. The predicted molar refractivity (Wildman–Crippen MR) is 133 cm³/mol. The largest absolute Gasteiger partial charge is 0.492 e. The van der Waals surface area contributed by atoms with Crippen molar-refractivity contribution in [2.45, 2.75) is 49.3 Å². The molecule has 6 rings (SSSR count). The summed E-state index contributed by atoms with van der Waals surface area (Å²) >= 11 is 0. The highest BCUT2D eigenvalue weighted by molar-refractivity contribution is 7.92. The molecule has 38 heavy (non-hydrogen) atoms. The standard InChI is InChI=1S/C24H27N5O8S/c1-27-12-18(9-25-27)38(33,34)29-11-17(10-28-22(30)13-35-24(28)32)36-20-5-4-16(8-19(20)29)26-23(31)37-21-7-14-2-3-15(21)6-14/h4-5,8-9,12-15,17,21,30H,2-3,6-7,10-11H2,1H3,(H,26,31). The summed E-state index contributed by atoms with van der Waals surface area (Å²) in [7, 11) is -2.50. The van der Waals surface area contributed by atoms with E-state index in [9.17, 15) is 23.1 Å². The minimum absolute atomic E-state index is 0.0380. The van der Waals surface area contributed by atoms with Crippen molar-refractivity contribution < 1.29 is 32.2 Å². The Labute approximate surface area is 217 Å². The Bertz CT molecular complexity index is 1540. The van der Waals surface area contributed by atoms with Crippen LogP contribution in [0, 0.1) is 11.8 Å². The van der Waals surface area contributed by atoms with Gasteiger partial charge in [0, 0.05) is 18.9 Å². The van der Waals surface area contributed by atoms with Crippen molar-refractivity contribution in [3.63, 3.8) is 0 Å². The number of hydrogen-bond acceptors (Lipinski definition) is 9. The Balaban J connectivity index is 1.28. The predicted octanol–water partition coefficient (Wildman–Crippen LogP) is 2.27. The van der Waals surface area contributed by atoms with Gasteiger partial charge in [-0.25, -0.2) is 22.6 Å². The molecule has 0 saturated heterocycles. The monoisotopic (exact) mass is 545 g/mol. The Kier molecular flexibility index (Phi) is 5.85. The zero-order valence-electron chi connectivity index (χ0n) is 20.5. The Hall–Kier alpha value is -3.94. The summed E-state index contributed by atoms with van der Waals surface area (Å²) in [5, 5.41) is 16.6. The molecule has 3 aromatic rings. The van der Waals surface area contributed by atoms with Gasteiger partial charge in [0.25, 0.3) is 10.0 Å². The Morgan fingerprint density at radius 2 is 2.13 bits per heavy atom. The molecule has 1 aromatic carbocycles. The van der Waals surface area contributed by atoms with Crippen LogP contribution < -0.4 is 20.1 Å². The van der Waals surface area contributed by atoms with Gasteiger partial charge >= 0.3 is 11.8 Å². The summed E-state index contributed by atoms with van der Waals surface area (Å²) in [4.78, 5) is 24.6. The smallest absolute Gasteiger partial charge is 0.421 e. The minimum Gasteiger partial charge on any atom is -0.492 e. The highest BCUT2D eigenvalue weighted by Gasteiger charge is 2.42. The van der Waals surface area contributed by atoms with Crippen LogP contribution >= 0.6 is 0 Å². The van der Waals surface area contributed by atoms with Crippen LogP contribution in [0.15, 0.2) is 51.0 Å². The second kappa shape index (κ2) is 9.11. The van der Waals surface area contributed by atoms with Gasteiger partial charge in [-0.05, 0) is 55.7 Å². The van der Waals surface area contributed by atoms with Crippen LogP contribution in [-0.2, 0) is 28.4 Å². The number of rotatable bonds is 6. The molecule has 1 amide bonds. The number of carbonyl (C=O) groups is 1. The lowest BCUT2D eigenvalue weighted by atomic mass is 9.98. The number of aromatic hydroxyl groups is 1. The molecule has 4 atom stereocenters. The topological polar surface area (TPSA) is 158 Å². The van der Waals surface area contributed by atoms with Crippen molar-refractivity contribution in [1.29, 1.82) is 0 Å². The number of fused-ring (bicyclic) bond motifs is 3. The van der Waals surface area contributed by atoms with Crippen LogP contribution in [0.3, 0.4) is 0 Å². The van der Waals surface area contributed by atoms with Crippen LogP contribution in [0.2, 0.25) is 0 Å². The number of carbonyl (C=O) groups excluding carboxylic acids is 1. The number of amides is 1. The van der Waals surface area contributed by atoms with E-state index in [0.717, 1.165) is 34.4 Å². The second-order valence-corrected chi connectivity index (χ2v) is 11.9. The zero-order chi connectivity index (χ0) is 26.6. The van der Waals surface area contributed by atoms with E-state index in [1.807, 2.05) is 0 Å². The number of ether oxygens (including phenoxy) is 2. The van der Waals surface area contributed by atoms with Crippen LogP contribution in [0.4, 0.5) is 16.2 Å². The van der Waals surface area contributed by atoms with E-state index in [4.69, 9.17) is 13.9 Å².